The molecule has 0 aromatic heterocycles. The number of rotatable bonds is 3. The standard InChI is InChI=1S/C14H16N2O5/c1-8(17)15-7-14-12(21-14)10-6-9(16(18)19)4-5-11(10)20-13(14,2)3/h4-6,12H,7H2,1-3H3,(H,15,17). The van der Waals surface area contributed by atoms with E-state index >= 15 is 0 Å². The number of nitro groups is 1. The minimum Gasteiger partial charge on any atom is -0.484 e. The molecule has 2 aliphatic heterocycles. The predicted molar refractivity (Wildman–Crippen MR) is 73.0 cm³/mol. The van der Waals surface area contributed by atoms with Gasteiger partial charge in [0, 0.05) is 24.6 Å². The van der Waals surface area contributed by atoms with Gasteiger partial charge in [-0.15, -0.1) is 0 Å². The Morgan fingerprint density at radius 3 is 2.81 bits per heavy atom. The molecule has 2 unspecified atom stereocenters. The molecular formula is C14H16N2O5. The molecule has 112 valence electrons. The summed E-state index contributed by atoms with van der Waals surface area (Å²) in [5.41, 5.74) is -0.653. The Hall–Kier alpha value is -2.15. The van der Waals surface area contributed by atoms with E-state index in [-0.39, 0.29) is 17.7 Å². The Bertz CT molecular complexity index is 642. The van der Waals surface area contributed by atoms with Gasteiger partial charge in [0.2, 0.25) is 5.91 Å². The Morgan fingerprint density at radius 1 is 1.48 bits per heavy atom. The second-order valence-electron chi connectivity index (χ2n) is 5.89. The maximum absolute atomic E-state index is 11.2. The second kappa shape index (κ2) is 4.17. The maximum atomic E-state index is 11.2. The van der Waals surface area contributed by atoms with Crippen molar-refractivity contribution in [1.82, 2.24) is 5.32 Å². The molecule has 21 heavy (non-hydrogen) atoms. The maximum Gasteiger partial charge on any atom is 0.270 e. The highest BCUT2D eigenvalue weighted by Gasteiger charge is 2.70. The van der Waals surface area contributed by atoms with Gasteiger partial charge in [0.25, 0.3) is 5.69 Å². The molecule has 2 aliphatic rings. The number of hydrogen-bond donors (Lipinski definition) is 1. The average Bonchev–Trinajstić information content (AvgIpc) is 3.12. The van der Waals surface area contributed by atoms with Crippen molar-refractivity contribution in [2.75, 3.05) is 6.54 Å². The number of non-ortho nitro benzene ring substituents is 1. The third kappa shape index (κ3) is 1.96. The third-order valence-electron chi connectivity index (χ3n) is 4.17. The highest BCUT2D eigenvalue weighted by molar-refractivity contribution is 5.73. The van der Waals surface area contributed by atoms with Crippen LogP contribution in [-0.2, 0) is 9.53 Å². The summed E-state index contributed by atoms with van der Waals surface area (Å²) < 4.78 is 11.8. The molecule has 1 aromatic rings. The van der Waals surface area contributed by atoms with Crippen LogP contribution in [0.3, 0.4) is 0 Å². The quantitative estimate of drug-likeness (QED) is 0.520. The van der Waals surface area contributed by atoms with Crippen LogP contribution in [0.2, 0.25) is 0 Å². The molecule has 1 fully saturated rings. The van der Waals surface area contributed by atoms with Crippen molar-refractivity contribution < 1.29 is 19.2 Å². The molecule has 7 nitrogen and oxygen atoms in total. The lowest BCUT2D eigenvalue weighted by Gasteiger charge is -2.37. The summed E-state index contributed by atoms with van der Waals surface area (Å²) in [4.78, 5) is 21.6. The SMILES string of the molecule is CC(=O)NCC12OC1c1cc([N+](=O)[O-])ccc1OC2(C)C. The van der Waals surface area contributed by atoms with Gasteiger partial charge in [0.15, 0.2) is 5.60 Å². The molecule has 0 spiro atoms. The van der Waals surface area contributed by atoms with E-state index in [1.165, 1.54) is 19.1 Å². The van der Waals surface area contributed by atoms with Crippen LogP contribution >= 0.6 is 0 Å². The van der Waals surface area contributed by atoms with Gasteiger partial charge in [-0.3, -0.25) is 14.9 Å². The zero-order chi connectivity index (χ0) is 15.4. The first kappa shape index (κ1) is 13.8. The summed E-state index contributed by atoms with van der Waals surface area (Å²) >= 11 is 0. The minimum absolute atomic E-state index is 0.000910. The van der Waals surface area contributed by atoms with Crippen molar-refractivity contribution in [3.63, 3.8) is 0 Å². The van der Waals surface area contributed by atoms with Gasteiger partial charge in [0.1, 0.15) is 17.5 Å². The minimum atomic E-state index is -0.680. The summed E-state index contributed by atoms with van der Waals surface area (Å²) in [6.45, 7) is 5.52. The van der Waals surface area contributed by atoms with Gasteiger partial charge in [-0.05, 0) is 19.9 Å². The van der Waals surface area contributed by atoms with Crippen molar-refractivity contribution >= 4 is 11.6 Å². The van der Waals surface area contributed by atoms with Crippen LogP contribution in [0, 0.1) is 10.1 Å². The number of hydrogen-bond acceptors (Lipinski definition) is 5. The Balaban J connectivity index is 1.97. The number of epoxide rings is 1. The normalized spacial score (nSPS) is 27.9. The lowest BCUT2D eigenvalue weighted by Crippen LogP contribution is -2.53. The largest absolute Gasteiger partial charge is 0.484 e. The number of benzene rings is 1. The average molecular weight is 292 g/mol. The molecule has 7 heteroatoms. The van der Waals surface area contributed by atoms with Gasteiger partial charge in [-0.2, -0.15) is 0 Å². The van der Waals surface area contributed by atoms with Crippen LogP contribution in [-0.4, -0.2) is 28.6 Å². The fourth-order valence-corrected chi connectivity index (χ4v) is 2.86. The van der Waals surface area contributed by atoms with Crippen LogP contribution in [0.4, 0.5) is 5.69 Å². The van der Waals surface area contributed by atoms with E-state index in [0.717, 1.165) is 0 Å². The number of nitrogens with zero attached hydrogens (tertiary/aromatic N) is 1. The molecule has 1 saturated heterocycles. The lowest BCUT2D eigenvalue weighted by atomic mass is 9.82. The number of nitro benzene ring substituents is 1. The zero-order valence-corrected chi connectivity index (χ0v) is 12.0. The third-order valence-corrected chi connectivity index (χ3v) is 4.17. The predicted octanol–water partition coefficient (Wildman–Crippen LogP) is 1.71. The van der Waals surface area contributed by atoms with E-state index < -0.39 is 16.1 Å². The first-order valence-corrected chi connectivity index (χ1v) is 6.66. The molecule has 1 aromatic carbocycles. The van der Waals surface area contributed by atoms with Crippen LogP contribution in [0.1, 0.15) is 32.4 Å². The molecule has 1 N–H and O–H groups in total. The van der Waals surface area contributed by atoms with E-state index in [2.05, 4.69) is 5.32 Å². The van der Waals surface area contributed by atoms with Crippen LogP contribution < -0.4 is 10.1 Å². The van der Waals surface area contributed by atoms with E-state index in [9.17, 15) is 14.9 Å². The van der Waals surface area contributed by atoms with Crippen molar-refractivity contribution in [2.45, 2.75) is 38.1 Å². The lowest BCUT2D eigenvalue weighted by molar-refractivity contribution is -0.385. The summed E-state index contributed by atoms with van der Waals surface area (Å²) in [6, 6.07) is 4.49. The molecular weight excluding hydrogens is 276 g/mol. The number of ether oxygens (including phenoxy) is 2. The van der Waals surface area contributed by atoms with Gasteiger partial charge >= 0.3 is 0 Å². The summed E-state index contributed by atoms with van der Waals surface area (Å²) in [7, 11) is 0. The van der Waals surface area contributed by atoms with Crippen LogP contribution in [0.15, 0.2) is 18.2 Å². The van der Waals surface area contributed by atoms with Crippen molar-refractivity contribution in [3.8, 4) is 5.75 Å². The molecule has 2 heterocycles. The van der Waals surface area contributed by atoms with Gasteiger partial charge in [-0.1, -0.05) is 0 Å². The Morgan fingerprint density at radius 2 is 2.19 bits per heavy atom. The fraction of sp³-hybridized carbons (Fsp3) is 0.500. The van der Waals surface area contributed by atoms with E-state index in [1.54, 1.807) is 6.07 Å². The number of amides is 1. The van der Waals surface area contributed by atoms with Crippen molar-refractivity contribution in [1.29, 1.82) is 0 Å². The first-order chi connectivity index (χ1) is 9.77. The monoisotopic (exact) mass is 292 g/mol. The summed E-state index contributed by atoms with van der Waals surface area (Å²) in [5, 5.41) is 13.6. The summed E-state index contributed by atoms with van der Waals surface area (Å²) in [5.74, 6) is 0.436. The van der Waals surface area contributed by atoms with E-state index in [4.69, 9.17) is 9.47 Å². The van der Waals surface area contributed by atoms with Gasteiger partial charge in [-0.25, -0.2) is 0 Å². The van der Waals surface area contributed by atoms with E-state index in [0.29, 0.717) is 17.9 Å². The number of carbonyl (C=O) groups is 1. The van der Waals surface area contributed by atoms with Crippen molar-refractivity contribution in [3.05, 3.63) is 33.9 Å². The summed E-state index contributed by atoms with van der Waals surface area (Å²) in [6.07, 6.45) is -0.303. The molecule has 0 bridgehead atoms. The van der Waals surface area contributed by atoms with Gasteiger partial charge in [0.05, 0.1) is 11.5 Å². The molecule has 3 rings (SSSR count). The van der Waals surface area contributed by atoms with Crippen molar-refractivity contribution in [2.24, 2.45) is 0 Å². The highest BCUT2D eigenvalue weighted by atomic mass is 16.7. The molecule has 0 radical (unpaired) electrons. The first-order valence-electron chi connectivity index (χ1n) is 6.66. The number of nitrogens with one attached hydrogen (secondary N) is 1. The Kier molecular flexibility index (Phi) is 2.75. The fourth-order valence-electron chi connectivity index (χ4n) is 2.86. The van der Waals surface area contributed by atoms with E-state index in [1.807, 2.05) is 13.8 Å². The zero-order valence-electron chi connectivity index (χ0n) is 12.0. The van der Waals surface area contributed by atoms with Crippen LogP contribution in [0.25, 0.3) is 0 Å². The molecule has 1 amide bonds. The smallest absolute Gasteiger partial charge is 0.270 e. The number of carbonyl (C=O) groups excluding carboxylic acids is 1. The Labute approximate surface area is 121 Å². The number of fused-ring (bicyclic) bond motifs is 3. The molecule has 0 saturated carbocycles. The highest BCUT2D eigenvalue weighted by Crippen LogP contribution is 2.62. The van der Waals surface area contributed by atoms with Gasteiger partial charge < -0.3 is 14.8 Å². The second-order valence-corrected chi connectivity index (χ2v) is 5.89. The van der Waals surface area contributed by atoms with Crippen LogP contribution in [0.5, 0.6) is 5.75 Å². The molecule has 2 atom stereocenters. The topological polar surface area (TPSA) is 94.0 Å². The molecule has 0 aliphatic carbocycles.